The number of hydrogen-bond donors (Lipinski definition) is 1. The van der Waals surface area contributed by atoms with Gasteiger partial charge in [-0.1, -0.05) is 26.3 Å². The fourth-order valence-corrected chi connectivity index (χ4v) is 2.54. The first kappa shape index (κ1) is 13.5. The van der Waals surface area contributed by atoms with E-state index in [1.807, 2.05) is 18.5 Å². The van der Waals surface area contributed by atoms with Crippen LogP contribution in [-0.4, -0.2) is 42.1 Å². The quantitative estimate of drug-likeness (QED) is 0.862. The zero-order chi connectivity index (χ0) is 12.8. The Morgan fingerprint density at radius 1 is 1.56 bits per heavy atom. The Morgan fingerprint density at radius 3 is 3.17 bits per heavy atom. The molecule has 100 valence electrons. The molecule has 2 rings (SSSR count). The molecule has 3 heteroatoms. The Kier molecular flexibility index (Phi) is 5.14. The van der Waals surface area contributed by atoms with Crippen LogP contribution < -0.4 is 5.32 Å². The summed E-state index contributed by atoms with van der Waals surface area (Å²) in [7, 11) is 0. The largest absolute Gasteiger partial charge is 0.311 e. The van der Waals surface area contributed by atoms with E-state index in [1.165, 1.54) is 25.1 Å². The van der Waals surface area contributed by atoms with Crippen LogP contribution in [-0.2, 0) is 6.42 Å². The molecule has 0 aliphatic carbocycles. The minimum absolute atomic E-state index is 0.664. The molecular formula is C15H25N3. The lowest BCUT2D eigenvalue weighted by atomic mass is 9.97. The number of nitrogens with zero attached hydrogens (tertiary/aromatic N) is 2. The first-order valence-electron chi connectivity index (χ1n) is 7.14. The van der Waals surface area contributed by atoms with E-state index < -0.39 is 0 Å². The van der Waals surface area contributed by atoms with Crippen molar-refractivity contribution < 1.29 is 0 Å². The summed E-state index contributed by atoms with van der Waals surface area (Å²) in [6.07, 6.45) is 6.19. The topological polar surface area (TPSA) is 28.2 Å². The van der Waals surface area contributed by atoms with Gasteiger partial charge < -0.3 is 10.2 Å². The zero-order valence-electron chi connectivity index (χ0n) is 11.6. The van der Waals surface area contributed by atoms with E-state index in [-0.39, 0.29) is 0 Å². The molecule has 1 fully saturated rings. The molecule has 0 aromatic carbocycles. The summed E-state index contributed by atoms with van der Waals surface area (Å²) in [5.74, 6) is 0.770. The predicted octanol–water partition coefficient (Wildman–Crippen LogP) is 1.94. The van der Waals surface area contributed by atoms with E-state index in [9.17, 15) is 0 Å². The lowest BCUT2D eigenvalue weighted by molar-refractivity contribution is 0.170. The van der Waals surface area contributed by atoms with Crippen LogP contribution in [0, 0.1) is 5.92 Å². The van der Waals surface area contributed by atoms with Gasteiger partial charge in [0.2, 0.25) is 0 Å². The lowest BCUT2D eigenvalue weighted by Gasteiger charge is -2.36. The van der Waals surface area contributed by atoms with Crippen LogP contribution in [0.3, 0.4) is 0 Å². The molecule has 1 N–H and O–H groups in total. The number of rotatable bonds is 5. The summed E-state index contributed by atoms with van der Waals surface area (Å²) < 4.78 is 0. The summed E-state index contributed by atoms with van der Waals surface area (Å²) in [6.45, 7) is 9.27. The number of hydrogen-bond acceptors (Lipinski definition) is 3. The summed E-state index contributed by atoms with van der Waals surface area (Å²) >= 11 is 0. The highest BCUT2D eigenvalue weighted by Gasteiger charge is 2.22. The van der Waals surface area contributed by atoms with Gasteiger partial charge in [0.1, 0.15) is 0 Å². The fourth-order valence-electron chi connectivity index (χ4n) is 2.54. The number of pyridine rings is 1. The maximum atomic E-state index is 4.17. The molecule has 2 heterocycles. The van der Waals surface area contributed by atoms with Gasteiger partial charge in [0.25, 0.3) is 0 Å². The third kappa shape index (κ3) is 3.79. The van der Waals surface area contributed by atoms with E-state index in [2.05, 4.69) is 35.1 Å². The molecule has 0 spiro atoms. The van der Waals surface area contributed by atoms with Crippen LogP contribution in [0.15, 0.2) is 24.5 Å². The van der Waals surface area contributed by atoms with Gasteiger partial charge in [0.05, 0.1) is 0 Å². The smallest absolute Gasteiger partial charge is 0.0300 e. The molecular weight excluding hydrogens is 222 g/mol. The standard InChI is InChI=1S/C15H25N3/c1-3-13(2)15-12-18(10-8-17-15)9-6-14-5-4-7-16-11-14/h4-5,7,11,13,15,17H,3,6,8-10,12H2,1-2H3. The van der Waals surface area contributed by atoms with Crippen molar-refractivity contribution >= 4 is 0 Å². The van der Waals surface area contributed by atoms with Crippen molar-refractivity contribution in [2.24, 2.45) is 5.92 Å². The van der Waals surface area contributed by atoms with Gasteiger partial charge in [-0.3, -0.25) is 4.98 Å². The number of aromatic nitrogens is 1. The molecule has 1 aliphatic heterocycles. The molecule has 3 nitrogen and oxygen atoms in total. The van der Waals surface area contributed by atoms with Crippen LogP contribution in [0.5, 0.6) is 0 Å². The van der Waals surface area contributed by atoms with Crippen molar-refractivity contribution in [3.05, 3.63) is 30.1 Å². The summed E-state index contributed by atoms with van der Waals surface area (Å²) in [4.78, 5) is 6.76. The van der Waals surface area contributed by atoms with Crippen LogP contribution in [0.2, 0.25) is 0 Å². The second-order valence-electron chi connectivity index (χ2n) is 5.36. The Labute approximate surface area is 111 Å². The van der Waals surface area contributed by atoms with Crippen LogP contribution in [0.25, 0.3) is 0 Å². The van der Waals surface area contributed by atoms with Gasteiger partial charge >= 0.3 is 0 Å². The first-order valence-corrected chi connectivity index (χ1v) is 7.14. The maximum absolute atomic E-state index is 4.17. The second kappa shape index (κ2) is 6.86. The fraction of sp³-hybridized carbons (Fsp3) is 0.667. The normalized spacial score (nSPS) is 22.9. The Morgan fingerprint density at radius 2 is 2.44 bits per heavy atom. The summed E-state index contributed by atoms with van der Waals surface area (Å²) in [6, 6.07) is 4.86. The van der Waals surface area contributed by atoms with E-state index in [0.717, 1.165) is 25.4 Å². The monoisotopic (exact) mass is 247 g/mol. The molecule has 0 bridgehead atoms. The van der Waals surface area contributed by atoms with E-state index >= 15 is 0 Å². The molecule has 1 aromatic rings. The van der Waals surface area contributed by atoms with Crippen LogP contribution in [0.1, 0.15) is 25.8 Å². The van der Waals surface area contributed by atoms with Crippen molar-refractivity contribution in [1.82, 2.24) is 15.2 Å². The average molecular weight is 247 g/mol. The minimum atomic E-state index is 0.664. The summed E-state index contributed by atoms with van der Waals surface area (Å²) in [5.41, 5.74) is 1.34. The molecule has 1 saturated heterocycles. The molecule has 0 amide bonds. The van der Waals surface area contributed by atoms with Crippen molar-refractivity contribution in [2.45, 2.75) is 32.7 Å². The Balaban J connectivity index is 1.79. The van der Waals surface area contributed by atoms with Gasteiger partial charge in [0, 0.05) is 44.6 Å². The Hall–Kier alpha value is -0.930. The number of nitrogens with one attached hydrogen (secondary N) is 1. The molecule has 0 saturated carbocycles. The van der Waals surface area contributed by atoms with E-state index in [0.29, 0.717) is 6.04 Å². The van der Waals surface area contributed by atoms with Crippen molar-refractivity contribution in [1.29, 1.82) is 0 Å². The molecule has 1 aromatic heterocycles. The van der Waals surface area contributed by atoms with Crippen LogP contribution in [0.4, 0.5) is 0 Å². The highest BCUT2D eigenvalue weighted by Crippen LogP contribution is 2.12. The third-order valence-corrected chi connectivity index (χ3v) is 4.06. The van der Waals surface area contributed by atoms with Crippen LogP contribution >= 0.6 is 0 Å². The summed E-state index contributed by atoms with van der Waals surface area (Å²) in [5, 5.41) is 3.64. The number of piperazine rings is 1. The minimum Gasteiger partial charge on any atom is -0.311 e. The Bertz CT molecular complexity index is 339. The molecule has 18 heavy (non-hydrogen) atoms. The highest BCUT2D eigenvalue weighted by atomic mass is 15.2. The van der Waals surface area contributed by atoms with Gasteiger partial charge in [0.15, 0.2) is 0 Å². The SMILES string of the molecule is CCC(C)C1CN(CCc2cccnc2)CCN1. The van der Waals surface area contributed by atoms with Gasteiger partial charge in [-0.2, -0.15) is 0 Å². The first-order chi connectivity index (χ1) is 8.79. The maximum Gasteiger partial charge on any atom is 0.0300 e. The molecule has 2 atom stereocenters. The molecule has 1 aliphatic rings. The van der Waals surface area contributed by atoms with Crippen molar-refractivity contribution in [3.63, 3.8) is 0 Å². The van der Waals surface area contributed by atoms with E-state index in [1.54, 1.807) is 0 Å². The van der Waals surface area contributed by atoms with E-state index in [4.69, 9.17) is 0 Å². The van der Waals surface area contributed by atoms with Crippen molar-refractivity contribution in [2.75, 3.05) is 26.2 Å². The predicted molar refractivity (Wildman–Crippen MR) is 75.6 cm³/mol. The zero-order valence-corrected chi connectivity index (χ0v) is 11.6. The van der Waals surface area contributed by atoms with Gasteiger partial charge in [-0.15, -0.1) is 0 Å². The lowest BCUT2D eigenvalue weighted by Crippen LogP contribution is -2.53. The van der Waals surface area contributed by atoms with Gasteiger partial charge in [-0.25, -0.2) is 0 Å². The highest BCUT2D eigenvalue weighted by molar-refractivity contribution is 5.08. The van der Waals surface area contributed by atoms with Gasteiger partial charge in [-0.05, 0) is 24.0 Å². The second-order valence-corrected chi connectivity index (χ2v) is 5.36. The third-order valence-electron chi connectivity index (χ3n) is 4.06. The average Bonchev–Trinajstić information content (AvgIpc) is 2.45. The molecule has 0 radical (unpaired) electrons. The van der Waals surface area contributed by atoms with Crippen molar-refractivity contribution in [3.8, 4) is 0 Å². The molecule has 2 unspecified atom stereocenters.